The van der Waals surface area contributed by atoms with E-state index in [1.165, 1.54) is 0 Å². The highest BCUT2D eigenvalue weighted by atomic mass is 16.3. The maximum Gasteiger partial charge on any atom is 0.274 e. The lowest BCUT2D eigenvalue weighted by atomic mass is 9.74. The van der Waals surface area contributed by atoms with E-state index in [9.17, 15) is 9.90 Å². The lowest BCUT2D eigenvalue weighted by Crippen LogP contribution is -2.26. The highest BCUT2D eigenvalue weighted by Crippen LogP contribution is 2.38. The van der Waals surface area contributed by atoms with E-state index in [1.54, 1.807) is 0 Å². The summed E-state index contributed by atoms with van der Waals surface area (Å²) in [6.45, 7) is 4.30. The van der Waals surface area contributed by atoms with Crippen molar-refractivity contribution in [3.05, 3.63) is 21.5 Å². The summed E-state index contributed by atoms with van der Waals surface area (Å²) in [5.74, 6) is -0.0167. The van der Waals surface area contributed by atoms with Crippen molar-refractivity contribution in [2.24, 2.45) is 5.41 Å². The zero-order chi connectivity index (χ0) is 11.2. The Balaban J connectivity index is 2.62. The average Bonchev–Trinajstić information content (AvgIpc) is 2.13. The monoisotopic (exact) mass is 208 g/mol. The second-order valence-electron chi connectivity index (χ2n) is 5.01. The van der Waals surface area contributed by atoms with Crippen LogP contribution in [0.25, 0.3) is 0 Å². The van der Waals surface area contributed by atoms with Gasteiger partial charge in [0.2, 0.25) is 0 Å². The number of nitrogens with one attached hydrogen (secondary N) is 1. The Hall–Kier alpha value is -1.45. The van der Waals surface area contributed by atoms with Gasteiger partial charge in [-0.3, -0.25) is 9.78 Å². The third-order valence-electron chi connectivity index (χ3n) is 3.16. The van der Waals surface area contributed by atoms with Gasteiger partial charge in [0, 0.05) is 5.56 Å². The van der Waals surface area contributed by atoms with E-state index < -0.39 is 0 Å². The molecular weight excluding hydrogens is 192 g/mol. The lowest BCUT2D eigenvalue weighted by molar-refractivity contribution is 0.305. The van der Waals surface area contributed by atoms with Crippen molar-refractivity contribution in [1.82, 2.24) is 4.98 Å². The van der Waals surface area contributed by atoms with Gasteiger partial charge in [0.1, 0.15) is 5.69 Å². The first-order valence-corrected chi connectivity index (χ1v) is 5.13. The molecule has 1 aliphatic rings. The number of H-pyrrole nitrogens is 1. The number of anilines is 1. The van der Waals surface area contributed by atoms with Crippen molar-refractivity contribution < 1.29 is 5.11 Å². The number of pyridine rings is 1. The zero-order valence-electron chi connectivity index (χ0n) is 9.05. The molecule has 0 fully saturated rings. The highest BCUT2D eigenvalue weighted by molar-refractivity contribution is 5.53. The topological polar surface area (TPSA) is 79.1 Å². The minimum absolute atomic E-state index is 0.0167. The summed E-state index contributed by atoms with van der Waals surface area (Å²) in [6.07, 6.45) is 2.52. The van der Waals surface area contributed by atoms with Gasteiger partial charge in [0.25, 0.3) is 5.56 Å². The van der Waals surface area contributed by atoms with E-state index >= 15 is 0 Å². The van der Waals surface area contributed by atoms with Crippen LogP contribution in [0.2, 0.25) is 0 Å². The molecular formula is C11H16N2O2. The standard InChI is InChI=1S/C11H16N2O2/c1-11(2)4-3-6-7(5-11)9(14)13-10(15)8(6)12/h3-5,12H2,1-2H3,(H2,13,14,15). The van der Waals surface area contributed by atoms with Crippen molar-refractivity contribution in [3.8, 4) is 5.88 Å². The largest absolute Gasteiger partial charge is 0.494 e. The molecule has 0 atom stereocenters. The summed E-state index contributed by atoms with van der Waals surface area (Å²) in [6, 6.07) is 0. The van der Waals surface area contributed by atoms with Gasteiger partial charge < -0.3 is 10.8 Å². The fraction of sp³-hybridized carbons (Fsp3) is 0.545. The van der Waals surface area contributed by atoms with Gasteiger partial charge in [0.15, 0.2) is 5.88 Å². The zero-order valence-corrected chi connectivity index (χ0v) is 9.05. The second kappa shape index (κ2) is 3.02. The van der Waals surface area contributed by atoms with Crippen LogP contribution in [0, 0.1) is 5.41 Å². The Kier molecular flexibility index (Phi) is 2.03. The molecule has 0 radical (unpaired) electrons. The molecule has 4 heteroatoms. The summed E-state index contributed by atoms with van der Waals surface area (Å²) in [5.41, 5.74) is 7.38. The van der Waals surface area contributed by atoms with Crippen LogP contribution in [0.1, 0.15) is 31.4 Å². The van der Waals surface area contributed by atoms with E-state index in [0.717, 1.165) is 30.4 Å². The first kappa shape index (κ1) is 10.1. The Morgan fingerprint density at radius 3 is 2.73 bits per heavy atom. The summed E-state index contributed by atoms with van der Waals surface area (Å²) >= 11 is 0. The summed E-state index contributed by atoms with van der Waals surface area (Å²) in [7, 11) is 0. The van der Waals surface area contributed by atoms with Crippen LogP contribution in [-0.4, -0.2) is 10.1 Å². The second-order valence-corrected chi connectivity index (χ2v) is 5.01. The fourth-order valence-electron chi connectivity index (χ4n) is 2.20. The number of aromatic amines is 1. The van der Waals surface area contributed by atoms with Gasteiger partial charge in [-0.1, -0.05) is 13.8 Å². The fourth-order valence-corrected chi connectivity index (χ4v) is 2.20. The van der Waals surface area contributed by atoms with E-state index in [4.69, 9.17) is 5.73 Å². The Bertz CT molecular complexity index is 460. The predicted octanol–water partition coefficient (Wildman–Crippen LogP) is 1.18. The molecule has 4 N–H and O–H groups in total. The van der Waals surface area contributed by atoms with Gasteiger partial charge >= 0.3 is 0 Å². The van der Waals surface area contributed by atoms with Crippen LogP contribution in [0.15, 0.2) is 4.79 Å². The van der Waals surface area contributed by atoms with Crippen molar-refractivity contribution in [2.45, 2.75) is 33.1 Å². The van der Waals surface area contributed by atoms with Gasteiger partial charge in [-0.25, -0.2) is 0 Å². The quantitative estimate of drug-likeness (QED) is 0.599. The Morgan fingerprint density at radius 1 is 1.40 bits per heavy atom. The van der Waals surface area contributed by atoms with E-state index in [1.807, 2.05) is 0 Å². The molecule has 2 rings (SSSR count). The molecule has 1 aromatic heterocycles. The first-order chi connectivity index (χ1) is 6.91. The number of nitrogens with two attached hydrogens (primary N) is 1. The number of rotatable bonds is 0. The molecule has 0 spiro atoms. The molecule has 0 unspecified atom stereocenters. The molecule has 0 amide bonds. The molecule has 0 aromatic carbocycles. The number of aromatic hydroxyl groups is 1. The molecule has 4 nitrogen and oxygen atoms in total. The van der Waals surface area contributed by atoms with Crippen LogP contribution in [0.4, 0.5) is 5.69 Å². The van der Waals surface area contributed by atoms with Gasteiger partial charge in [-0.05, 0) is 30.2 Å². The van der Waals surface area contributed by atoms with E-state index in [-0.39, 0.29) is 22.5 Å². The van der Waals surface area contributed by atoms with E-state index in [2.05, 4.69) is 18.8 Å². The Labute approximate surface area is 88.1 Å². The minimum Gasteiger partial charge on any atom is -0.494 e. The minimum atomic E-state index is -0.383. The molecule has 1 heterocycles. The smallest absolute Gasteiger partial charge is 0.274 e. The molecule has 0 bridgehead atoms. The average molecular weight is 208 g/mol. The molecule has 15 heavy (non-hydrogen) atoms. The van der Waals surface area contributed by atoms with Crippen LogP contribution in [0.3, 0.4) is 0 Å². The molecule has 82 valence electrons. The molecule has 1 aromatic rings. The Morgan fingerprint density at radius 2 is 2.07 bits per heavy atom. The van der Waals surface area contributed by atoms with Gasteiger partial charge in [-0.2, -0.15) is 0 Å². The van der Waals surface area contributed by atoms with Crippen LogP contribution >= 0.6 is 0 Å². The number of fused-ring (bicyclic) bond motifs is 1. The predicted molar refractivity (Wildman–Crippen MR) is 58.9 cm³/mol. The maximum atomic E-state index is 11.3. The molecule has 1 aliphatic carbocycles. The summed E-state index contributed by atoms with van der Waals surface area (Å²) in [5, 5.41) is 9.68. The maximum absolute atomic E-state index is 11.3. The van der Waals surface area contributed by atoms with Gasteiger partial charge in [-0.15, -0.1) is 0 Å². The van der Waals surface area contributed by atoms with E-state index in [0.29, 0.717) is 0 Å². The first-order valence-electron chi connectivity index (χ1n) is 5.13. The number of aromatic nitrogens is 1. The third-order valence-corrected chi connectivity index (χ3v) is 3.16. The number of hydrogen-bond acceptors (Lipinski definition) is 3. The van der Waals surface area contributed by atoms with Crippen molar-refractivity contribution in [1.29, 1.82) is 0 Å². The van der Waals surface area contributed by atoms with Crippen LogP contribution in [-0.2, 0) is 12.8 Å². The highest BCUT2D eigenvalue weighted by Gasteiger charge is 2.29. The van der Waals surface area contributed by atoms with Crippen molar-refractivity contribution in [2.75, 3.05) is 5.73 Å². The number of nitrogen functional groups attached to an aromatic ring is 1. The van der Waals surface area contributed by atoms with Gasteiger partial charge in [0.05, 0.1) is 0 Å². The lowest BCUT2D eigenvalue weighted by Gasteiger charge is -2.31. The van der Waals surface area contributed by atoms with Crippen LogP contribution in [0.5, 0.6) is 5.88 Å². The van der Waals surface area contributed by atoms with Crippen molar-refractivity contribution >= 4 is 5.69 Å². The van der Waals surface area contributed by atoms with Crippen LogP contribution < -0.4 is 11.3 Å². The van der Waals surface area contributed by atoms with Crippen molar-refractivity contribution in [3.63, 3.8) is 0 Å². The molecule has 0 aliphatic heterocycles. The molecule has 0 saturated carbocycles. The summed E-state index contributed by atoms with van der Waals surface area (Å²) < 4.78 is 0. The normalized spacial score (nSPS) is 18.5. The molecule has 0 saturated heterocycles. The number of hydrogen-bond donors (Lipinski definition) is 3. The third kappa shape index (κ3) is 1.60. The summed E-state index contributed by atoms with van der Waals surface area (Å²) in [4.78, 5) is 13.7. The SMILES string of the molecule is CC1(C)CCc2c(c(O)[nH]c(=O)c2N)C1.